The van der Waals surface area contributed by atoms with Crippen molar-refractivity contribution in [3.63, 3.8) is 0 Å². The van der Waals surface area contributed by atoms with Gasteiger partial charge in [0.05, 0.1) is 23.3 Å². The number of allylic oxidation sites excluding steroid dienone is 3. The first-order valence-electron chi connectivity index (χ1n) is 11.5. The predicted octanol–water partition coefficient (Wildman–Crippen LogP) is 4.71. The molecule has 2 aromatic carbocycles. The molecular weight excluding hydrogens is 511 g/mol. The molecule has 1 atom stereocenters. The summed E-state index contributed by atoms with van der Waals surface area (Å²) >= 11 is 2.46. The van der Waals surface area contributed by atoms with E-state index in [0.717, 1.165) is 0 Å². The molecule has 1 aliphatic carbocycles. The highest BCUT2D eigenvalue weighted by Gasteiger charge is 2.41. The molecule has 5 rings (SSSR count). The summed E-state index contributed by atoms with van der Waals surface area (Å²) in [6, 6.07) is 17.1. The van der Waals surface area contributed by atoms with Gasteiger partial charge in [0, 0.05) is 23.4 Å². The van der Waals surface area contributed by atoms with Crippen LogP contribution in [0.5, 0.6) is 0 Å². The highest BCUT2D eigenvalue weighted by molar-refractivity contribution is 8.01. The summed E-state index contributed by atoms with van der Waals surface area (Å²) in [5.41, 5.74) is 9.22. The standard InChI is InChI=1S/C26H21FN6O2S2/c27-16-11-9-15(10-12-16)22-18(13-28)24(29)33(19-7-4-8-20(34)23(19)22)25-31-32-26(37-25)36-14-21(35)30-17-5-2-1-3-6-17/h1-3,5-6,9-12,22H,4,7-8,14,29H2,(H,30,35). The van der Waals surface area contributed by atoms with E-state index in [4.69, 9.17) is 5.73 Å². The van der Waals surface area contributed by atoms with Gasteiger partial charge in [0.1, 0.15) is 11.6 Å². The first-order valence-corrected chi connectivity index (χ1v) is 13.3. The largest absolute Gasteiger partial charge is 0.384 e. The fraction of sp³-hybridized carbons (Fsp3) is 0.192. The SMILES string of the molecule is N#CC1=C(N)N(c2nnc(SCC(=O)Nc3ccccc3)s2)C2=C(C(=O)CCC2)C1c1ccc(F)cc1. The van der Waals surface area contributed by atoms with Crippen LogP contribution in [0.1, 0.15) is 30.7 Å². The molecule has 0 saturated carbocycles. The van der Waals surface area contributed by atoms with E-state index in [9.17, 15) is 19.2 Å². The normalized spacial score (nSPS) is 17.5. The molecule has 37 heavy (non-hydrogen) atoms. The van der Waals surface area contributed by atoms with Crippen molar-refractivity contribution in [2.24, 2.45) is 5.73 Å². The van der Waals surface area contributed by atoms with E-state index in [-0.39, 0.29) is 28.8 Å². The maximum absolute atomic E-state index is 13.6. The molecule has 186 valence electrons. The van der Waals surface area contributed by atoms with Crippen LogP contribution in [-0.4, -0.2) is 27.6 Å². The number of para-hydroxylation sites is 1. The number of halogens is 1. The summed E-state index contributed by atoms with van der Waals surface area (Å²) in [7, 11) is 0. The number of nitrogens with one attached hydrogen (secondary N) is 1. The van der Waals surface area contributed by atoms with E-state index < -0.39 is 11.7 Å². The number of anilines is 2. The van der Waals surface area contributed by atoms with Crippen molar-refractivity contribution in [3.05, 3.63) is 88.6 Å². The maximum Gasteiger partial charge on any atom is 0.234 e. The van der Waals surface area contributed by atoms with Gasteiger partial charge in [0.2, 0.25) is 11.0 Å². The Kier molecular flexibility index (Phi) is 7.03. The Hall–Kier alpha value is -4.01. The van der Waals surface area contributed by atoms with E-state index in [1.807, 2.05) is 18.2 Å². The number of hydrogen-bond donors (Lipinski definition) is 2. The minimum absolute atomic E-state index is 0.0717. The molecule has 0 radical (unpaired) electrons. The number of nitrogens with zero attached hydrogens (tertiary/aromatic N) is 4. The first kappa shape index (κ1) is 24.7. The minimum Gasteiger partial charge on any atom is -0.384 e. The van der Waals surface area contributed by atoms with Crippen molar-refractivity contribution < 1.29 is 14.0 Å². The summed E-state index contributed by atoms with van der Waals surface area (Å²) in [4.78, 5) is 27.1. The molecule has 0 spiro atoms. The number of thioether (sulfide) groups is 1. The topological polar surface area (TPSA) is 125 Å². The third-order valence-corrected chi connectivity index (χ3v) is 8.13. The summed E-state index contributed by atoms with van der Waals surface area (Å²) in [5, 5.41) is 21.8. The predicted molar refractivity (Wildman–Crippen MR) is 140 cm³/mol. The van der Waals surface area contributed by atoms with Crippen LogP contribution in [0.3, 0.4) is 0 Å². The van der Waals surface area contributed by atoms with Gasteiger partial charge in [-0.1, -0.05) is 53.4 Å². The van der Waals surface area contributed by atoms with Crippen molar-refractivity contribution in [1.29, 1.82) is 5.26 Å². The lowest BCUT2D eigenvalue weighted by Crippen LogP contribution is -2.38. The van der Waals surface area contributed by atoms with Gasteiger partial charge in [-0.2, -0.15) is 5.26 Å². The van der Waals surface area contributed by atoms with Gasteiger partial charge in [0.25, 0.3) is 0 Å². The van der Waals surface area contributed by atoms with E-state index in [1.165, 1.54) is 35.2 Å². The molecule has 2 aliphatic rings. The van der Waals surface area contributed by atoms with Crippen LogP contribution in [0.15, 0.2) is 81.6 Å². The lowest BCUT2D eigenvalue weighted by molar-refractivity contribution is -0.116. The molecule has 1 unspecified atom stereocenters. The van der Waals surface area contributed by atoms with Gasteiger partial charge in [-0.25, -0.2) is 4.39 Å². The molecule has 1 aromatic heterocycles. The molecule has 11 heteroatoms. The van der Waals surface area contributed by atoms with Crippen molar-refractivity contribution in [2.75, 3.05) is 16.0 Å². The minimum atomic E-state index is -0.673. The highest BCUT2D eigenvalue weighted by atomic mass is 32.2. The number of rotatable bonds is 6. The zero-order valence-corrected chi connectivity index (χ0v) is 21.1. The van der Waals surface area contributed by atoms with Crippen LogP contribution in [0.25, 0.3) is 0 Å². The van der Waals surface area contributed by atoms with Gasteiger partial charge in [-0.05, 0) is 42.7 Å². The smallest absolute Gasteiger partial charge is 0.234 e. The van der Waals surface area contributed by atoms with Crippen LogP contribution in [-0.2, 0) is 9.59 Å². The van der Waals surface area contributed by atoms with Gasteiger partial charge >= 0.3 is 0 Å². The second-order valence-corrected chi connectivity index (χ2v) is 10.6. The molecule has 0 fully saturated rings. The van der Waals surface area contributed by atoms with Crippen LogP contribution in [0, 0.1) is 17.1 Å². The van der Waals surface area contributed by atoms with Gasteiger partial charge in [-0.3, -0.25) is 14.5 Å². The molecule has 3 aromatic rings. The van der Waals surface area contributed by atoms with E-state index in [0.29, 0.717) is 51.3 Å². The number of nitrogens with two attached hydrogens (primary N) is 1. The monoisotopic (exact) mass is 532 g/mol. The number of benzene rings is 2. The molecular formula is C26H21FN6O2S2. The number of aromatic nitrogens is 2. The zero-order chi connectivity index (χ0) is 25.9. The Morgan fingerprint density at radius 2 is 1.95 bits per heavy atom. The fourth-order valence-electron chi connectivity index (χ4n) is 4.49. The third-order valence-electron chi connectivity index (χ3n) is 6.09. The maximum atomic E-state index is 13.6. The molecule has 1 amide bonds. The summed E-state index contributed by atoms with van der Waals surface area (Å²) in [6.07, 6.45) is 1.57. The van der Waals surface area contributed by atoms with Gasteiger partial charge < -0.3 is 11.1 Å². The highest BCUT2D eigenvalue weighted by Crippen LogP contribution is 2.47. The quantitative estimate of drug-likeness (QED) is 0.437. The van der Waals surface area contributed by atoms with Crippen LogP contribution < -0.4 is 16.0 Å². The van der Waals surface area contributed by atoms with E-state index in [2.05, 4.69) is 21.6 Å². The van der Waals surface area contributed by atoms with Crippen LogP contribution in [0.4, 0.5) is 15.2 Å². The third kappa shape index (κ3) is 4.98. The Bertz CT molecular complexity index is 1460. The summed E-state index contributed by atoms with van der Waals surface area (Å²) in [6.45, 7) is 0. The van der Waals surface area contributed by atoms with E-state index >= 15 is 0 Å². The average Bonchev–Trinajstić information content (AvgIpc) is 3.36. The van der Waals surface area contributed by atoms with Crippen molar-refractivity contribution in [1.82, 2.24) is 10.2 Å². The second-order valence-electron chi connectivity index (χ2n) is 8.42. The fourth-order valence-corrected chi connectivity index (χ4v) is 6.17. The number of carbonyl (C=O) groups excluding carboxylic acids is 2. The summed E-state index contributed by atoms with van der Waals surface area (Å²) in [5.74, 6) is -1.03. The Balaban J connectivity index is 1.43. The average molecular weight is 533 g/mol. The number of nitriles is 1. The lowest BCUT2D eigenvalue weighted by atomic mass is 9.76. The Labute approximate surface area is 220 Å². The van der Waals surface area contributed by atoms with Crippen LogP contribution >= 0.6 is 23.1 Å². The molecule has 8 nitrogen and oxygen atoms in total. The zero-order valence-electron chi connectivity index (χ0n) is 19.5. The van der Waals surface area contributed by atoms with Crippen molar-refractivity contribution >= 4 is 45.6 Å². The first-order chi connectivity index (χ1) is 18.0. The Morgan fingerprint density at radius 3 is 2.68 bits per heavy atom. The van der Waals surface area contributed by atoms with Crippen molar-refractivity contribution in [3.8, 4) is 6.07 Å². The number of amides is 1. The summed E-state index contributed by atoms with van der Waals surface area (Å²) < 4.78 is 14.1. The van der Waals surface area contributed by atoms with Crippen LogP contribution in [0.2, 0.25) is 0 Å². The van der Waals surface area contributed by atoms with Gasteiger partial charge in [0.15, 0.2) is 10.1 Å². The number of Topliss-reactive ketones (excluding diaryl/α,β-unsaturated/α-hetero) is 1. The number of ketones is 1. The van der Waals surface area contributed by atoms with Crippen molar-refractivity contribution in [2.45, 2.75) is 29.5 Å². The number of carbonyl (C=O) groups is 2. The lowest BCUT2D eigenvalue weighted by Gasteiger charge is -2.38. The van der Waals surface area contributed by atoms with E-state index in [1.54, 1.807) is 29.2 Å². The van der Waals surface area contributed by atoms with Gasteiger partial charge in [-0.15, -0.1) is 10.2 Å². The Morgan fingerprint density at radius 1 is 1.19 bits per heavy atom. The molecule has 1 aliphatic heterocycles. The molecule has 3 N–H and O–H groups in total. The molecule has 2 heterocycles. The number of hydrogen-bond acceptors (Lipinski definition) is 9. The second kappa shape index (κ2) is 10.5. The molecule has 0 saturated heterocycles. The molecule has 0 bridgehead atoms.